The number of likely N-dealkylation sites (N-methyl/N-ethyl adjacent to an activating group) is 1. The average Bonchev–Trinajstić information content (AvgIpc) is 2.87. The highest BCUT2D eigenvalue weighted by atomic mass is 35.5. The monoisotopic (exact) mass is 359 g/mol. The second kappa shape index (κ2) is 9.11. The van der Waals surface area contributed by atoms with Crippen LogP contribution in [0.1, 0.15) is 20.3 Å². The van der Waals surface area contributed by atoms with Gasteiger partial charge in [-0.3, -0.25) is 9.59 Å². The summed E-state index contributed by atoms with van der Waals surface area (Å²) < 4.78 is 0. The Morgan fingerprint density at radius 1 is 1.48 bits per heavy atom. The zero-order chi connectivity index (χ0) is 16.1. The van der Waals surface area contributed by atoms with Gasteiger partial charge in [-0.2, -0.15) is 0 Å². The minimum atomic E-state index is -0.604. The van der Waals surface area contributed by atoms with Crippen LogP contribution in [-0.4, -0.2) is 37.5 Å². The van der Waals surface area contributed by atoms with Gasteiger partial charge in [-0.15, -0.1) is 12.4 Å². The van der Waals surface area contributed by atoms with Crippen molar-refractivity contribution >= 4 is 41.5 Å². The first kappa shape index (κ1) is 19.7. The van der Waals surface area contributed by atoms with Gasteiger partial charge < -0.3 is 15.5 Å². The lowest BCUT2D eigenvalue weighted by Gasteiger charge is -2.18. The Bertz CT molecular complexity index is 554. The fraction of sp³-hybridized carbons (Fsp3) is 0.500. The molecule has 2 rings (SSSR count). The fourth-order valence-corrected chi connectivity index (χ4v) is 2.81. The Morgan fingerprint density at radius 2 is 2.22 bits per heavy atom. The Morgan fingerprint density at radius 3 is 2.87 bits per heavy atom. The third kappa shape index (κ3) is 5.09. The molecule has 5 nitrogen and oxygen atoms in total. The van der Waals surface area contributed by atoms with Crippen molar-refractivity contribution in [3.63, 3.8) is 0 Å². The van der Waals surface area contributed by atoms with Crippen molar-refractivity contribution in [2.45, 2.75) is 26.3 Å². The zero-order valence-electron chi connectivity index (χ0n) is 13.3. The first-order valence-corrected chi connectivity index (χ1v) is 7.98. The van der Waals surface area contributed by atoms with Crippen LogP contribution in [-0.2, 0) is 9.59 Å². The molecule has 2 atom stereocenters. The highest BCUT2D eigenvalue weighted by molar-refractivity contribution is 6.31. The van der Waals surface area contributed by atoms with Gasteiger partial charge in [0.25, 0.3) is 0 Å². The van der Waals surface area contributed by atoms with E-state index < -0.39 is 5.92 Å². The number of amides is 2. The molecule has 0 spiro atoms. The van der Waals surface area contributed by atoms with Crippen LogP contribution in [0, 0.1) is 5.92 Å². The summed E-state index contributed by atoms with van der Waals surface area (Å²) in [4.78, 5) is 26.3. The van der Waals surface area contributed by atoms with Gasteiger partial charge in [0, 0.05) is 29.8 Å². The topological polar surface area (TPSA) is 61.4 Å². The van der Waals surface area contributed by atoms with Crippen LogP contribution in [0.5, 0.6) is 0 Å². The molecule has 0 saturated carbocycles. The normalized spacial score (nSPS) is 18.5. The van der Waals surface area contributed by atoms with E-state index in [1.54, 1.807) is 23.1 Å². The number of carbonyl (C=O) groups is 2. The van der Waals surface area contributed by atoms with Gasteiger partial charge >= 0.3 is 0 Å². The number of anilines is 1. The molecule has 23 heavy (non-hydrogen) atoms. The zero-order valence-corrected chi connectivity index (χ0v) is 14.9. The van der Waals surface area contributed by atoms with Gasteiger partial charge in [0.1, 0.15) is 5.92 Å². The molecule has 0 radical (unpaired) electrons. The molecule has 7 heteroatoms. The Kier molecular flexibility index (Phi) is 7.82. The second-order valence-corrected chi connectivity index (χ2v) is 5.95. The molecule has 0 bridgehead atoms. The molecule has 1 aromatic rings. The smallest absolute Gasteiger partial charge is 0.239 e. The maximum absolute atomic E-state index is 12.4. The molecule has 1 aromatic carbocycles. The van der Waals surface area contributed by atoms with E-state index in [-0.39, 0.29) is 30.3 Å². The summed E-state index contributed by atoms with van der Waals surface area (Å²) in [6.07, 6.45) is 0.534. The van der Waals surface area contributed by atoms with Gasteiger partial charge in [-0.25, -0.2) is 0 Å². The molecular formula is C16H23Cl2N3O2. The summed E-state index contributed by atoms with van der Waals surface area (Å²) in [6, 6.07) is 7.33. The van der Waals surface area contributed by atoms with Crippen molar-refractivity contribution in [3.05, 3.63) is 29.3 Å². The SMILES string of the molecule is CCN[C@H](C)CNC(=O)C1CCN(c2cccc(Cl)c2)C1=O.Cl. The summed E-state index contributed by atoms with van der Waals surface area (Å²) in [5, 5.41) is 6.65. The highest BCUT2D eigenvalue weighted by Crippen LogP contribution is 2.27. The molecule has 1 saturated heterocycles. The quantitative estimate of drug-likeness (QED) is 0.765. The first-order valence-electron chi connectivity index (χ1n) is 7.61. The van der Waals surface area contributed by atoms with E-state index in [9.17, 15) is 9.59 Å². The molecule has 1 unspecified atom stereocenters. The minimum absolute atomic E-state index is 0. The van der Waals surface area contributed by atoms with Crippen LogP contribution in [0.2, 0.25) is 5.02 Å². The van der Waals surface area contributed by atoms with E-state index >= 15 is 0 Å². The van der Waals surface area contributed by atoms with Crippen molar-refractivity contribution in [1.29, 1.82) is 0 Å². The largest absolute Gasteiger partial charge is 0.354 e. The van der Waals surface area contributed by atoms with Gasteiger partial charge in [0.05, 0.1) is 0 Å². The van der Waals surface area contributed by atoms with E-state index in [0.717, 1.165) is 12.2 Å². The molecule has 1 aliphatic heterocycles. The van der Waals surface area contributed by atoms with E-state index in [2.05, 4.69) is 10.6 Å². The van der Waals surface area contributed by atoms with Crippen LogP contribution in [0.4, 0.5) is 5.69 Å². The Balaban J connectivity index is 0.00000264. The van der Waals surface area contributed by atoms with Crippen molar-refractivity contribution < 1.29 is 9.59 Å². The van der Waals surface area contributed by atoms with E-state index in [1.165, 1.54) is 0 Å². The number of nitrogens with one attached hydrogen (secondary N) is 2. The van der Waals surface area contributed by atoms with Crippen LogP contribution >= 0.6 is 24.0 Å². The summed E-state index contributed by atoms with van der Waals surface area (Å²) in [7, 11) is 0. The number of nitrogens with zero attached hydrogens (tertiary/aromatic N) is 1. The maximum Gasteiger partial charge on any atom is 0.239 e. The number of halogens is 2. The van der Waals surface area contributed by atoms with Crippen LogP contribution in [0.15, 0.2) is 24.3 Å². The number of carbonyl (C=O) groups excluding carboxylic acids is 2. The number of benzene rings is 1. The lowest BCUT2D eigenvalue weighted by atomic mass is 10.1. The molecule has 2 amide bonds. The van der Waals surface area contributed by atoms with E-state index in [1.807, 2.05) is 19.9 Å². The first-order chi connectivity index (χ1) is 10.5. The standard InChI is InChI=1S/C16H22ClN3O2.ClH/c1-3-18-11(2)10-19-15(21)14-7-8-20(16(14)22)13-6-4-5-12(17)9-13;/h4-6,9,11,14,18H,3,7-8,10H2,1-2H3,(H,19,21);1H/t11-,14?;/m1./s1. The third-order valence-corrected chi connectivity index (χ3v) is 4.01. The molecule has 0 aliphatic carbocycles. The maximum atomic E-state index is 12.4. The van der Waals surface area contributed by atoms with E-state index in [0.29, 0.717) is 24.5 Å². The summed E-state index contributed by atoms with van der Waals surface area (Å²) >= 11 is 5.96. The minimum Gasteiger partial charge on any atom is -0.354 e. The lowest BCUT2D eigenvalue weighted by Crippen LogP contribution is -2.43. The molecular weight excluding hydrogens is 337 g/mol. The Labute approximate surface area is 148 Å². The summed E-state index contributed by atoms with van der Waals surface area (Å²) in [5.41, 5.74) is 0.744. The molecule has 1 aliphatic rings. The third-order valence-electron chi connectivity index (χ3n) is 3.78. The van der Waals surface area contributed by atoms with Crippen LogP contribution in [0.25, 0.3) is 0 Å². The summed E-state index contributed by atoms with van der Waals surface area (Å²) in [5.74, 6) is -0.956. The van der Waals surface area contributed by atoms with Gasteiger partial charge in [-0.1, -0.05) is 24.6 Å². The van der Waals surface area contributed by atoms with Crippen molar-refractivity contribution in [3.8, 4) is 0 Å². The lowest BCUT2D eigenvalue weighted by molar-refractivity contribution is -0.132. The van der Waals surface area contributed by atoms with Crippen LogP contribution in [0.3, 0.4) is 0 Å². The summed E-state index contributed by atoms with van der Waals surface area (Å²) in [6.45, 7) is 5.93. The van der Waals surface area contributed by atoms with Gasteiger partial charge in [0.2, 0.25) is 11.8 Å². The van der Waals surface area contributed by atoms with Crippen molar-refractivity contribution in [2.24, 2.45) is 5.92 Å². The molecule has 128 valence electrons. The average molecular weight is 360 g/mol. The second-order valence-electron chi connectivity index (χ2n) is 5.51. The molecule has 2 N–H and O–H groups in total. The van der Waals surface area contributed by atoms with Crippen LogP contribution < -0.4 is 15.5 Å². The number of hydrogen-bond acceptors (Lipinski definition) is 3. The Hall–Kier alpha value is -1.30. The predicted molar refractivity (Wildman–Crippen MR) is 95.3 cm³/mol. The number of hydrogen-bond donors (Lipinski definition) is 2. The highest BCUT2D eigenvalue weighted by Gasteiger charge is 2.37. The fourth-order valence-electron chi connectivity index (χ4n) is 2.62. The number of rotatable bonds is 6. The predicted octanol–water partition coefficient (Wildman–Crippen LogP) is 2.23. The van der Waals surface area contributed by atoms with Crippen molar-refractivity contribution in [1.82, 2.24) is 10.6 Å². The molecule has 1 fully saturated rings. The molecule has 1 heterocycles. The van der Waals surface area contributed by atoms with E-state index in [4.69, 9.17) is 11.6 Å². The van der Waals surface area contributed by atoms with Crippen molar-refractivity contribution in [2.75, 3.05) is 24.5 Å². The van der Waals surface area contributed by atoms with Gasteiger partial charge in [0.15, 0.2) is 0 Å². The molecule has 0 aromatic heterocycles. The van der Waals surface area contributed by atoms with Gasteiger partial charge in [-0.05, 0) is 38.1 Å².